The Bertz CT molecular complexity index is 1060. The molecule has 0 aliphatic heterocycles. The topological polar surface area (TPSA) is 0 Å². The smallest absolute Gasteiger partial charge is 0.235 e. The molecule has 2 heteroatoms. The Morgan fingerprint density at radius 3 is 0.914 bits per heavy atom. The SMILES string of the molecule is Cc1cc(C)c([B-](C=CC(C)(C)C)(c2c(C)cc(C)cc2C)c2c(C)cc(C)cc2C)c(C)c1.[Na+]. The van der Waals surface area contributed by atoms with Crippen LogP contribution in [-0.2, 0) is 0 Å². The molecule has 0 aromatic heterocycles. The molecule has 3 rings (SSSR count). The summed E-state index contributed by atoms with van der Waals surface area (Å²) in [7, 11) is 0. The van der Waals surface area contributed by atoms with Gasteiger partial charge in [-0.15, -0.1) is 6.08 Å². The van der Waals surface area contributed by atoms with Gasteiger partial charge in [-0.25, -0.2) is 5.98 Å². The van der Waals surface area contributed by atoms with E-state index in [1.807, 2.05) is 0 Å². The van der Waals surface area contributed by atoms with Gasteiger partial charge in [0.1, 0.15) is 6.15 Å². The maximum Gasteiger partial charge on any atom is 1.00 e. The van der Waals surface area contributed by atoms with Crippen molar-refractivity contribution in [3.8, 4) is 0 Å². The van der Waals surface area contributed by atoms with E-state index in [-0.39, 0.29) is 35.0 Å². The van der Waals surface area contributed by atoms with Gasteiger partial charge in [0.25, 0.3) is 0 Å². The van der Waals surface area contributed by atoms with Gasteiger partial charge >= 0.3 is 29.6 Å². The zero-order chi connectivity index (χ0) is 25.6. The number of hydrogen-bond donors (Lipinski definition) is 0. The van der Waals surface area contributed by atoms with E-state index in [2.05, 4.69) is 132 Å². The Morgan fingerprint density at radius 1 is 0.486 bits per heavy atom. The molecule has 0 nitrogen and oxygen atoms in total. The second-order valence-corrected chi connectivity index (χ2v) is 12.1. The summed E-state index contributed by atoms with van der Waals surface area (Å²) in [5.41, 5.74) is 16.8. The fourth-order valence-corrected chi connectivity index (χ4v) is 6.88. The molecule has 0 saturated heterocycles. The van der Waals surface area contributed by atoms with Gasteiger partial charge < -0.3 is 0 Å². The van der Waals surface area contributed by atoms with E-state index in [4.69, 9.17) is 0 Å². The van der Waals surface area contributed by atoms with E-state index in [1.54, 1.807) is 0 Å². The van der Waals surface area contributed by atoms with E-state index in [0.717, 1.165) is 0 Å². The normalized spacial score (nSPS) is 12.2. The summed E-state index contributed by atoms with van der Waals surface area (Å²) >= 11 is 0. The minimum absolute atomic E-state index is 0. The van der Waals surface area contributed by atoms with Gasteiger partial charge in [0.2, 0.25) is 0 Å². The first kappa shape index (κ1) is 29.7. The van der Waals surface area contributed by atoms with Crippen LogP contribution < -0.4 is 45.9 Å². The Kier molecular flexibility index (Phi) is 9.19. The Morgan fingerprint density at radius 2 is 0.714 bits per heavy atom. The summed E-state index contributed by atoms with van der Waals surface area (Å²) in [6, 6.07) is 14.3. The summed E-state index contributed by atoms with van der Waals surface area (Å²) in [6.45, 7) is 27.5. The van der Waals surface area contributed by atoms with Gasteiger partial charge in [0.05, 0.1) is 0 Å². The van der Waals surface area contributed by atoms with Gasteiger partial charge in [0.15, 0.2) is 0 Å². The molecule has 0 spiro atoms. The minimum Gasteiger partial charge on any atom is -0.235 e. The van der Waals surface area contributed by atoms with Crippen LogP contribution in [0.25, 0.3) is 0 Å². The van der Waals surface area contributed by atoms with Crippen LogP contribution in [0.3, 0.4) is 0 Å². The van der Waals surface area contributed by atoms with Crippen molar-refractivity contribution in [2.45, 2.75) is 83.1 Å². The Balaban J connectivity index is 0.00000432. The van der Waals surface area contributed by atoms with Crippen LogP contribution in [0.2, 0.25) is 0 Å². The molecule has 0 unspecified atom stereocenters. The van der Waals surface area contributed by atoms with E-state index in [9.17, 15) is 0 Å². The molecule has 0 bridgehead atoms. The van der Waals surface area contributed by atoms with Crippen LogP contribution >= 0.6 is 0 Å². The van der Waals surface area contributed by atoms with Crippen molar-refractivity contribution in [3.63, 3.8) is 0 Å². The molecular formula is C33H44BNa. The zero-order valence-corrected chi connectivity index (χ0v) is 26.7. The van der Waals surface area contributed by atoms with Gasteiger partial charge in [0, 0.05) is 0 Å². The number of aryl methyl sites for hydroxylation is 9. The van der Waals surface area contributed by atoms with Gasteiger partial charge in [-0.2, -0.15) is 16.4 Å². The summed E-state index contributed by atoms with van der Waals surface area (Å²) in [5, 5.41) is 0. The summed E-state index contributed by atoms with van der Waals surface area (Å²) in [6.07, 6.45) is 1.11. The molecule has 180 valence electrons. The molecule has 0 heterocycles. The summed E-state index contributed by atoms with van der Waals surface area (Å²) in [4.78, 5) is 0. The third-order valence-electron chi connectivity index (χ3n) is 7.47. The molecule has 0 saturated carbocycles. The van der Waals surface area contributed by atoms with Crippen molar-refractivity contribution in [2.24, 2.45) is 5.41 Å². The van der Waals surface area contributed by atoms with Gasteiger partial charge in [-0.05, 0) is 67.7 Å². The molecule has 3 aromatic carbocycles. The molecule has 0 aliphatic carbocycles. The third-order valence-corrected chi connectivity index (χ3v) is 7.47. The average molecular weight is 475 g/mol. The first-order chi connectivity index (χ1) is 15.7. The fourth-order valence-electron chi connectivity index (χ4n) is 6.88. The molecule has 0 N–H and O–H groups in total. The van der Waals surface area contributed by atoms with Crippen LogP contribution in [-0.4, -0.2) is 6.15 Å². The van der Waals surface area contributed by atoms with Gasteiger partial charge in [-0.1, -0.05) is 107 Å². The zero-order valence-electron chi connectivity index (χ0n) is 24.7. The number of hydrogen-bond acceptors (Lipinski definition) is 0. The number of rotatable bonds is 4. The molecule has 0 radical (unpaired) electrons. The fraction of sp³-hybridized carbons (Fsp3) is 0.394. The predicted molar refractivity (Wildman–Crippen MR) is 155 cm³/mol. The number of benzene rings is 3. The average Bonchev–Trinajstić information content (AvgIpc) is 2.63. The molecule has 0 fully saturated rings. The van der Waals surface area contributed by atoms with E-state index in [1.165, 1.54) is 66.5 Å². The van der Waals surface area contributed by atoms with E-state index >= 15 is 0 Å². The van der Waals surface area contributed by atoms with E-state index in [0.29, 0.717) is 0 Å². The van der Waals surface area contributed by atoms with Crippen molar-refractivity contribution in [1.82, 2.24) is 0 Å². The first-order valence-electron chi connectivity index (χ1n) is 12.8. The molecular weight excluding hydrogens is 430 g/mol. The summed E-state index contributed by atoms with van der Waals surface area (Å²) < 4.78 is 0. The quantitative estimate of drug-likeness (QED) is 0.500. The van der Waals surface area contributed by atoms with Crippen molar-refractivity contribution in [3.05, 3.63) is 98.5 Å². The maximum absolute atomic E-state index is 2.60. The van der Waals surface area contributed by atoms with Crippen LogP contribution in [0.4, 0.5) is 0 Å². The second-order valence-electron chi connectivity index (χ2n) is 12.1. The van der Waals surface area contributed by atoms with Gasteiger partial charge in [-0.3, -0.25) is 0 Å². The van der Waals surface area contributed by atoms with Crippen LogP contribution in [0.1, 0.15) is 70.8 Å². The van der Waals surface area contributed by atoms with E-state index < -0.39 is 6.15 Å². The second kappa shape index (κ2) is 10.8. The van der Waals surface area contributed by atoms with Crippen molar-refractivity contribution < 1.29 is 29.6 Å². The monoisotopic (exact) mass is 474 g/mol. The standard InChI is InChI=1S/C33H44B.Na/c1-21-15-24(4)30(25(5)16-21)34(14-13-33(10,11)12,31-26(6)17-22(2)18-27(31)7)32-28(8)19-23(3)20-29(32)9;/h13-20H,1-12H3;/q-1;+1. The van der Waals surface area contributed by atoms with Crippen molar-refractivity contribution in [1.29, 1.82) is 0 Å². The largest absolute Gasteiger partial charge is 1.00 e. The molecule has 0 atom stereocenters. The number of allylic oxidation sites excluding steroid dienone is 1. The minimum atomic E-state index is -1.35. The van der Waals surface area contributed by atoms with Crippen LogP contribution in [0.15, 0.2) is 48.4 Å². The molecule has 0 aliphatic rings. The third kappa shape index (κ3) is 5.90. The summed E-state index contributed by atoms with van der Waals surface area (Å²) in [5.74, 6) is 2.60. The first-order valence-corrected chi connectivity index (χ1v) is 12.8. The maximum atomic E-state index is 2.60. The van der Waals surface area contributed by atoms with Crippen LogP contribution in [0, 0.1) is 67.7 Å². The molecule has 35 heavy (non-hydrogen) atoms. The van der Waals surface area contributed by atoms with Crippen LogP contribution in [0.5, 0.6) is 0 Å². The van der Waals surface area contributed by atoms with Crippen molar-refractivity contribution >= 4 is 22.5 Å². The Hall–Kier alpha value is -1.54. The van der Waals surface area contributed by atoms with Crippen molar-refractivity contribution in [2.75, 3.05) is 0 Å². The molecule has 3 aromatic rings. The molecule has 0 amide bonds. The predicted octanol–water partition coefficient (Wildman–Crippen LogP) is 4.08. The Labute approximate surface area is 237 Å².